The average Bonchev–Trinajstić information content (AvgIpc) is 2.93. The van der Waals surface area contributed by atoms with Crippen molar-refractivity contribution in [2.24, 2.45) is 0 Å². The van der Waals surface area contributed by atoms with E-state index < -0.39 is 5.97 Å². The number of esters is 1. The molecule has 0 spiro atoms. The van der Waals surface area contributed by atoms with E-state index in [-0.39, 0.29) is 0 Å². The van der Waals surface area contributed by atoms with Crippen molar-refractivity contribution in [3.63, 3.8) is 0 Å². The lowest BCUT2D eigenvalue weighted by Crippen LogP contribution is -2.02. The number of methoxy groups -OCH3 is 1. The molecule has 0 fully saturated rings. The number of aromatic amines is 1. The Balaban J connectivity index is 1.77. The van der Waals surface area contributed by atoms with Crippen LogP contribution >= 0.6 is 0 Å². The highest BCUT2D eigenvalue weighted by atomic mass is 16.7. The van der Waals surface area contributed by atoms with Crippen molar-refractivity contribution < 1.29 is 23.3 Å². The molecule has 3 aromatic rings. The first-order valence-electron chi connectivity index (χ1n) is 8.56. The summed E-state index contributed by atoms with van der Waals surface area (Å²) in [6.07, 6.45) is 2.64. The van der Waals surface area contributed by atoms with Crippen molar-refractivity contribution in [3.05, 3.63) is 66.7 Å². The first-order chi connectivity index (χ1) is 13.2. The predicted octanol–water partition coefficient (Wildman–Crippen LogP) is 4.82. The Kier molecular flexibility index (Phi) is 5.99. The number of H-pyrrole nitrogens is 1. The molecule has 0 bridgehead atoms. The number of rotatable bonds is 7. The van der Waals surface area contributed by atoms with Gasteiger partial charge in [0.15, 0.2) is 11.3 Å². The summed E-state index contributed by atoms with van der Waals surface area (Å²) in [5.41, 5.74) is 2.64. The first-order valence-corrected chi connectivity index (χ1v) is 8.56. The molecule has 0 saturated carbocycles. The molecule has 0 aliphatic carbocycles. The summed E-state index contributed by atoms with van der Waals surface area (Å²) in [5, 5.41) is 3.41. The fraction of sp³-hybridized carbons (Fsp3) is 0.190. The van der Waals surface area contributed by atoms with Gasteiger partial charge in [-0.2, -0.15) is 0 Å². The van der Waals surface area contributed by atoms with Gasteiger partial charge >= 0.3 is 5.97 Å². The zero-order valence-corrected chi connectivity index (χ0v) is 15.1. The fourth-order valence-electron chi connectivity index (χ4n) is 2.63. The second-order valence-corrected chi connectivity index (χ2v) is 5.87. The summed E-state index contributed by atoms with van der Waals surface area (Å²) in [6.45, 7) is 3.72. The van der Waals surface area contributed by atoms with Crippen molar-refractivity contribution >= 4 is 16.9 Å². The quantitative estimate of drug-likeness (QED) is 0.368. The second kappa shape index (κ2) is 8.80. The van der Waals surface area contributed by atoms with Crippen LogP contribution in [0.15, 0.2) is 70.2 Å². The second-order valence-electron chi connectivity index (χ2n) is 5.87. The third-order valence-electron chi connectivity index (χ3n) is 4.06. The zero-order chi connectivity index (χ0) is 19.1. The molecule has 3 rings (SSSR count). The van der Waals surface area contributed by atoms with Gasteiger partial charge in [-0.15, -0.1) is 0 Å². The molecule has 1 aromatic heterocycles. The van der Waals surface area contributed by atoms with Gasteiger partial charge in [-0.3, -0.25) is 0 Å². The van der Waals surface area contributed by atoms with Gasteiger partial charge in [0, 0.05) is 17.0 Å². The van der Waals surface area contributed by atoms with Gasteiger partial charge in [-0.25, -0.2) is 4.79 Å². The lowest BCUT2D eigenvalue weighted by atomic mass is 10.1. The van der Waals surface area contributed by atoms with Crippen LogP contribution in [0.5, 0.6) is 5.75 Å². The molecule has 0 aliphatic rings. The lowest BCUT2D eigenvalue weighted by molar-refractivity contribution is -0.137. The number of carbonyl (C=O) groups is 1. The average molecular weight is 367 g/mol. The van der Waals surface area contributed by atoms with Gasteiger partial charge in [0.2, 0.25) is 0 Å². The highest BCUT2D eigenvalue weighted by molar-refractivity contribution is 5.81. The van der Waals surface area contributed by atoms with Gasteiger partial charge < -0.3 is 18.5 Å². The normalized spacial score (nSPS) is 10.4. The molecule has 140 valence electrons. The maximum Gasteiger partial charge on any atom is 0.330 e. The Morgan fingerprint density at radius 3 is 2.70 bits per heavy atom. The highest BCUT2D eigenvalue weighted by Gasteiger charge is 2.05. The Morgan fingerprint density at radius 2 is 1.96 bits per heavy atom. The van der Waals surface area contributed by atoms with E-state index in [0.717, 1.165) is 41.2 Å². The van der Waals surface area contributed by atoms with E-state index >= 15 is 0 Å². The first kappa shape index (κ1) is 18.4. The third kappa shape index (κ3) is 4.82. The Labute approximate surface area is 156 Å². The maximum atomic E-state index is 11.0. The highest BCUT2D eigenvalue weighted by Crippen LogP contribution is 2.24. The van der Waals surface area contributed by atoms with Crippen molar-refractivity contribution in [1.82, 2.24) is 5.33 Å². The molecule has 0 aliphatic heterocycles. The third-order valence-corrected chi connectivity index (χ3v) is 4.06. The SMILES string of the molecule is C=CC(=O)OCCCc1ccc2cc(-c3ccc(OC)cc3)o[nH]oc2c1. The van der Waals surface area contributed by atoms with Crippen molar-refractivity contribution in [2.45, 2.75) is 12.8 Å². The topological polar surface area (TPSA) is 77.6 Å². The minimum Gasteiger partial charge on any atom is -0.497 e. The Morgan fingerprint density at radius 1 is 1.15 bits per heavy atom. The summed E-state index contributed by atoms with van der Waals surface area (Å²) in [4.78, 5) is 11.0. The van der Waals surface area contributed by atoms with Crippen LogP contribution in [-0.2, 0) is 16.0 Å². The van der Waals surface area contributed by atoms with Crippen LogP contribution < -0.4 is 4.74 Å². The minimum absolute atomic E-state index is 0.353. The minimum atomic E-state index is -0.405. The standard InChI is InChI=1S/C21H21NO5/c1-3-21(23)25-12-4-5-15-6-7-17-14-20(27-22-26-19(17)13-15)16-8-10-18(24-2)11-9-16/h3,6-11,13-14,22H,1,4-5,12H2,2H3. The van der Waals surface area contributed by atoms with Crippen LogP contribution in [0.3, 0.4) is 0 Å². The summed E-state index contributed by atoms with van der Waals surface area (Å²) in [5.74, 6) is 1.01. The van der Waals surface area contributed by atoms with E-state index in [1.54, 1.807) is 7.11 Å². The van der Waals surface area contributed by atoms with Crippen LogP contribution in [0.2, 0.25) is 0 Å². The smallest absolute Gasteiger partial charge is 0.330 e. The van der Waals surface area contributed by atoms with Crippen LogP contribution in [0.4, 0.5) is 0 Å². The summed E-state index contributed by atoms with van der Waals surface area (Å²) in [7, 11) is 1.63. The number of ether oxygens (including phenoxy) is 2. The van der Waals surface area contributed by atoms with Crippen molar-refractivity contribution in [3.8, 4) is 17.1 Å². The number of aromatic nitrogens is 1. The van der Waals surface area contributed by atoms with E-state index in [4.69, 9.17) is 18.5 Å². The van der Waals surface area contributed by atoms with Gasteiger partial charge in [-0.05, 0) is 54.8 Å². The van der Waals surface area contributed by atoms with Crippen LogP contribution in [-0.4, -0.2) is 25.0 Å². The maximum absolute atomic E-state index is 11.0. The largest absolute Gasteiger partial charge is 0.497 e. The van der Waals surface area contributed by atoms with E-state index in [2.05, 4.69) is 11.9 Å². The summed E-state index contributed by atoms with van der Waals surface area (Å²) in [6, 6.07) is 15.4. The molecule has 2 aromatic carbocycles. The number of nitrogens with one attached hydrogen (secondary N) is 1. The molecule has 0 radical (unpaired) electrons. The van der Waals surface area contributed by atoms with E-state index in [1.807, 2.05) is 48.5 Å². The molecule has 27 heavy (non-hydrogen) atoms. The molecule has 0 saturated heterocycles. The molecular formula is C21H21NO5. The van der Waals surface area contributed by atoms with Crippen LogP contribution in [0.1, 0.15) is 12.0 Å². The van der Waals surface area contributed by atoms with Crippen molar-refractivity contribution in [1.29, 1.82) is 0 Å². The Bertz CT molecular complexity index is 960. The Hall–Kier alpha value is -3.41. The number of hydrogen-bond donors (Lipinski definition) is 1. The van der Waals surface area contributed by atoms with Gasteiger partial charge in [0.1, 0.15) is 5.75 Å². The predicted molar refractivity (Wildman–Crippen MR) is 102 cm³/mol. The molecule has 0 atom stereocenters. The molecular weight excluding hydrogens is 346 g/mol. The zero-order valence-electron chi connectivity index (χ0n) is 15.1. The van der Waals surface area contributed by atoms with Crippen LogP contribution in [0.25, 0.3) is 22.3 Å². The summed E-state index contributed by atoms with van der Waals surface area (Å²) >= 11 is 0. The van der Waals surface area contributed by atoms with Crippen molar-refractivity contribution in [2.75, 3.05) is 13.7 Å². The molecule has 0 amide bonds. The fourth-order valence-corrected chi connectivity index (χ4v) is 2.63. The summed E-state index contributed by atoms with van der Waals surface area (Å²) < 4.78 is 21.2. The van der Waals surface area contributed by atoms with E-state index in [9.17, 15) is 4.79 Å². The molecule has 6 heteroatoms. The molecule has 1 heterocycles. The number of hydrogen-bond acceptors (Lipinski definition) is 5. The number of fused-ring (bicyclic) bond motifs is 1. The van der Waals surface area contributed by atoms with E-state index in [1.165, 1.54) is 0 Å². The van der Waals surface area contributed by atoms with Gasteiger partial charge in [-0.1, -0.05) is 24.0 Å². The number of carbonyl (C=O) groups excluding carboxylic acids is 1. The molecule has 1 N–H and O–H groups in total. The van der Waals surface area contributed by atoms with E-state index in [0.29, 0.717) is 18.0 Å². The molecule has 6 nitrogen and oxygen atoms in total. The van der Waals surface area contributed by atoms with Crippen LogP contribution in [0, 0.1) is 0 Å². The van der Waals surface area contributed by atoms with Gasteiger partial charge in [0.05, 0.1) is 13.7 Å². The monoisotopic (exact) mass is 367 g/mol. The number of aryl methyl sites for hydroxylation is 1. The van der Waals surface area contributed by atoms with Gasteiger partial charge in [0.25, 0.3) is 0 Å². The number of benzene rings is 2. The molecule has 0 unspecified atom stereocenters. The lowest BCUT2D eigenvalue weighted by Gasteiger charge is -2.03.